The van der Waals surface area contributed by atoms with Gasteiger partial charge in [0.25, 0.3) is 0 Å². The van der Waals surface area contributed by atoms with Crippen LogP contribution in [0.15, 0.2) is 22.7 Å². The molecule has 2 aromatic rings. The van der Waals surface area contributed by atoms with Crippen LogP contribution in [0.4, 0.5) is 0 Å². The van der Waals surface area contributed by atoms with E-state index in [1.165, 1.54) is 0 Å². The zero-order chi connectivity index (χ0) is 14.7. The summed E-state index contributed by atoms with van der Waals surface area (Å²) in [4.78, 5) is 0. The van der Waals surface area contributed by atoms with Gasteiger partial charge in [-0.15, -0.1) is 0 Å². The minimum absolute atomic E-state index is 0.123. The topological polar surface area (TPSA) is 67.5 Å². The maximum absolute atomic E-state index is 9.60. The van der Waals surface area contributed by atoms with Crippen LogP contribution in [-0.4, -0.2) is 17.4 Å². The van der Waals surface area contributed by atoms with Gasteiger partial charge in [0.2, 0.25) is 0 Å². The van der Waals surface area contributed by atoms with Gasteiger partial charge in [-0.3, -0.25) is 0 Å². The van der Waals surface area contributed by atoms with E-state index in [9.17, 15) is 5.11 Å². The lowest BCUT2D eigenvalue weighted by Crippen LogP contribution is -2.18. The maximum atomic E-state index is 9.60. The highest BCUT2D eigenvalue weighted by molar-refractivity contribution is 5.42. The number of aromatic nitrogens is 1. The number of nitrogens with one attached hydrogen (secondary N) is 1. The first-order valence-corrected chi connectivity index (χ1v) is 6.55. The van der Waals surface area contributed by atoms with Gasteiger partial charge in [-0.2, -0.15) is 0 Å². The molecule has 5 nitrogen and oxygen atoms in total. The molecular weight excluding hydrogens is 256 g/mol. The molecule has 1 unspecified atom stereocenters. The molecule has 2 N–H and O–H groups in total. The lowest BCUT2D eigenvalue weighted by atomic mass is 10.1. The number of phenolic OH excluding ortho intramolecular Hbond substituents is 1. The summed E-state index contributed by atoms with van der Waals surface area (Å²) in [7, 11) is 1.54. The predicted molar refractivity (Wildman–Crippen MR) is 75.9 cm³/mol. The van der Waals surface area contributed by atoms with Crippen molar-refractivity contribution in [3.8, 4) is 11.5 Å². The monoisotopic (exact) mass is 276 g/mol. The van der Waals surface area contributed by atoms with Gasteiger partial charge in [-0.1, -0.05) is 11.2 Å². The molecule has 5 heteroatoms. The molecule has 108 valence electrons. The van der Waals surface area contributed by atoms with E-state index in [0.717, 1.165) is 22.6 Å². The quantitative estimate of drug-likeness (QED) is 0.879. The van der Waals surface area contributed by atoms with Crippen LogP contribution in [0.5, 0.6) is 11.5 Å². The Labute approximate surface area is 118 Å². The van der Waals surface area contributed by atoms with Crippen LogP contribution in [0.1, 0.15) is 35.5 Å². The molecule has 0 amide bonds. The Morgan fingerprint density at radius 2 is 2.15 bits per heavy atom. The molecule has 0 fully saturated rings. The summed E-state index contributed by atoms with van der Waals surface area (Å²) in [6.07, 6.45) is 0. The van der Waals surface area contributed by atoms with Crippen LogP contribution < -0.4 is 10.1 Å². The first-order chi connectivity index (χ1) is 9.52. The molecule has 2 rings (SSSR count). The van der Waals surface area contributed by atoms with Crippen molar-refractivity contribution in [2.24, 2.45) is 0 Å². The molecular formula is C15H20N2O3. The van der Waals surface area contributed by atoms with Crippen LogP contribution in [-0.2, 0) is 6.54 Å². The molecule has 20 heavy (non-hydrogen) atoms. The highest BCUT2D eigenvalue weighted by Gasteiger charge is 2.12. The summed E-state index contributed by atoms with van der Waals surface area (Å²) in [6, 6.07) is 5.48. The number of hydrogen-bond donors (Lipinski definition) is 2. The van der Waals surface area contributed by atoms with E-state index < -0.39 is 0 Å². The highest BCUT2D eigenvalue weighted by atomic mass is 16.5. The number of hydrogen-bond acceptors (Lipinski definition) is 5. The summed E-state index contributed by atoms with van der Waals surface area (Å²) in [5.41, 5.74) is 3.04. The molecule has 1 atom stereocenters. The number of aryl methyl sites for hydroxylation is 2. The number of phenols is 1. The summed E-state index contributed by atoms with van der Waals surface area (Å²) >= 11 is 0. The number of nitrogens with zero attached hydrogens (tertiary/aromatic N) is 1. The predicted octanol–water partition coefficient (Wildman–Crippen LogP) is 2.86. The molecule has 0 saturated heterocycles. The number of ether oxygens (including phenoxy) is 1. The second kappa shape index (κ2) is 5.96. The van der Waals surface area contributed by atoms with Crippen molar-refractivity contribution in [1.82, 2.24) is 10.5 Å². The van der Waals surface area contributed by atoms with Crippen LogP contribution in [0.2, 0.25) is 0 Å². The molecule has 0 aliphatic carbocycles. The molecule has 0 radical (unpaired) electrons. The van der Waals surface area contributed by atoms with Crippen LogP contribution >= 0.6 is 0 Å². The van der Waals surface area contributed by atoms with E-state index in [-0.39, 0.29) is 11.8 Å². The number of methoxy groups -OCH3 is 1. The SMILES string of the molecule is COc1cc(C(C)NCc2c(C)noc2C)ccc1O. The van der Waals surface area contributed by atoms with Gasteiger partial charge in [0.15, 0.2) is 11.5 Å². The van der Waals surface area contributed by atoms with Gasteiger partial charge in [-0.05, 0) is 38.5 Å². The minimum Gasteiger partial charge on any atom is -0.504 e. The second-order valence-corrected chi connectivity index (χ2v) is 4.84. The molecule has 0 spiro atoms. The number of rotatable bonds is 5. The Morgan fingerprint density at radius 3 is 2.75 bits per heavy atom. The largest absolute Gasteiger partial charge is 0.504 e. The van der Waals surface area contributed by atoms with E-state index in [1.54, 1.807) is 13.2 Å². The van der Waals surface area contributed by atoms with E-state index >= 15 is 0 Å². The van der Waals surface area contributed by atoms with E-state index in [1.807, 2.05) is 26.0 Å². The van der Waals surface area contributed by atoms with Gasteiger partial charge >= 0.3 is 0 Å². The fraction of sp³-hybridized carbons (Fsp3) is 0.400. The van der Waals surface area contributed by atoms with Crippen molar-refractivity contribution >= 4 is 0 Å². The second-order valence-electron chi connectivity index (χ2n) is 4.84. The third kappa shape index (κ3) is 2.93. The van der Waals surface area contributed by atoms with Crippen molar-refractivity contribution in [2.75, 3.05) is 7.11 Å². The number of benzene rings is 1. The average Bonchev–Trinajstić information content (AvgIpc) is 2.76. The van der Waals surface area contributed by atoms with E-state index in [0.29, 0.717) is 12.3 Å². The Hall–Kier alpha value is -2.01. The van der Waals surface area contributed by atoms with Crippen LogP contribution in [0, 0.1) is 13.8 Å². The maximum Gasteiger partial charge on any atom is 0.160 e. The molecule has 1 aromatic heterocycles. The van der Waals surface area contributed by atoms with Crippen LogP contribution in [0.3, 0.4) is 0 Å². The zero-order valence-electron chi connectivity index (χ0n) is 12.2. The van der Waals surface area contributed by atoms with Crippen molar-refractivity contribution < 1.29 is 14.4 Å². The van der Waals surface area contributed by atoms with Crippen LogP contribution in [0.25, 0.3) is 0 Å². The molecule has 0 aliphatic heterocycles. The molecule has 1 aromatic carbocycles. The van der Waals surface area contributed by atoms with Gasteiger partial charge < -0.3 is 19.7 Å². The summed E-state index contributed by atoms with van der Waals surface area (Å²) < 4.78 is 10.3. The zero-order valence-corrected chi connectivity index (χ0v) is 12.2. The highest BCUT2D eigenvalue weighted by Crippen LogP contribution is 2.29. The van der Waals surface area contributed by atoms with Crippen molar-refractivity contribution in [3.05, 3.63) is 40.8 Å². The molecule has 1 heterocycles. The Bertz CT molecular complexity index is 573. The van der Waals surface area contributed by atoms with Crippen molar-refractivity contribution in [1.29, 1.82) is 0 Å². The molecule has 0 saturated carbocycles. The summed E-state index contributed by atoms with van der Waals surface area (Å²) in [5, 5.41) is 17.0. The Morgan fingerprint density at radius 1 is 1.40 bits per heavy atom. The standard InChI is InChI=1S/C15H20N2O3/c1-9(12-5-6-14(18)15(7-12)19-4)16-8-13-10(2)17-20-11(13)3/h5-7,9,16,18H,8H2,1-4H3. The Kier molecular flexibility index (Phi) is 4.29. The average molecular weight is 276 g/mol. The van der Waals surface area contributed by atoms with Gasteiger partial charge in [0.1, 0.15) is 5.76 Å². The minimum atomic E-state index is 0.123. The summed E-state index contributed by atoms with van der Waals surface area (Å²) in [6.45, 7) is 6.59. The van der Waals surface area contributed by atoms with Gasteiger partial charge in [-0.25, -0.2) is 0 Å². The van der Waals surface area contributed by atoms with E-state index in [4.69, 9.17) is 9.26 Å². The van der Waals surface area contributed by atoms with Crippen molar-refractivity contribution in [2.45, 2.75) is 33.4 Å². The van der Waals surface area contributed by atoms with Gasteiger partial charge in [0, 0.05) is 18.2 Å². The molecule has 0 bridgehead atoms. The third-order valence-corrected chi connectivity index (χ3v) is 3.47. The lowest BCUT2D eigenvalue weighted by Gasteiger charge is -2.15. The van der Waals surface area contributed by atoms with Gasteiger partial charge in [0.05, 0.1) is 12.8 Å². The fourth-order valence-electron chi connectivity index (χ4n) is 2.09. The Balaban J connectivity index is 2.07. The summed E-state index contributed by atoms with van der Waals surface area (Å²) in [5.74, 6) is 1.47. The fourth-order valence-corrected chi connectivity index (χ4v) is 2.09. The first kappa shape index (κ1) is 14.4. The van der Waals surface area contributed by atoms with Crippen molar-refractivity contribution in [3.63, 3.8) is 0 Å². The number of aromatic hydroxyl groups is 1. The van der Waals surface area contributed by atoms with E-state index in [2.05, 4.69) is 17.4 Å². The normalized spacial score (nSPS) is 12.4. The third-order valence-electron chi connectivity index (χ3n) is 3.47. The lowest BCUT2D eigenvalue weighted by molar-refractivity contribution is 0.372. The molecule has 0 aliphatic rings. The smallest absolute Gasteiger partial charge is 0.160 e. The first-order valence-electron chi connectivity index (χ1n) is 6.55.